The van der Waals surface area contributed by atoms with E-state index < -0.39 is 5.97 Å². The smallest absolute Gasteiger partial charge is 0.349 e. The van der Waals surface area contributed by atoms with E-state index >= 15 is 0 Å². The van der Waals surface area contributed by atoms with Crippen molar-refractivity contribution in [1.29, 1.82) is 0 Å². The van der Waals surface area contributed by atoms with Crippen molar-refractivity contribution in [2.24, 2.45) is 0 Å². The summed E-state index contributed by atoms with van der Waals surface area (Å²) in [6.45, 7) is 0. The van der Waals surface area contributed by atoms with Crippen LogP contribution in [0.2, 0.25) is 5.02 Å². The lowest BCUT2D eigenvalue weighted by molar-refractivity contribution is 0.0781. The van der Waals surface area contributed by atoms with Crippen LogP contribution in [0.1, 0.15) is 10.4 Å². The van der Waals surface area contributed by atoms with Gasteiger partial charge >= 0.3 is 5.97 Å². The number of hydrogen-bond donors (Lipinski definition) is 0. The van der Waals surface area contributed by atoms with Gasteiger partial charge in [-0.2, -0.15) is 0 Å². The summed E-state index contributed by atoms with van der Waals surface area (Å²) < 4.78 is 9.28. The maximum atomic E-state index is 11.0. The number of rotatable bonds is 2. The van der Waals surface area contributed by atoms with Gasteiger partial charge in [0.05, 0.1) is 17.7 Å². The molecule has 0 spiro atoms. The Bertz CT molecular complexity index is 327. The molecule has 0 atom stereocenters. The van der Waals surface area contributed by atoms with E-state index in [1.165, 1.54) is 13.2 Å². The van der Waals surface area contributed by atoms with Gasteiger partial charge in [-0.05, 0) is 18.2 Å². The van der Waals surface area contributed by atoms with Crippen LogP contribution >= 0.6 is 27.9 Å². The molecule has 0 saturated carbocycles. The van der Waals surface area contributed by atoms with Crippen molar-refractivity contribution in [3.63, 3.8) is 0 Å². The molecule has 0 saturated heterocycles. The van der Waals surface area contributed by atoms with Crippen LogP contribution in [0.25, 0.3) is 0 Å². The van der Waals surface area contributed by atoms with E-state index in [-0.39, 0.29) is 0 Å². The molecular formula is C8H6BrClO3. The Kier molecular flexibility index (Phi) is 3.57. The predicted molar refractivity (Wildman–Crippen MR) is 52.3 cm³/mol. The molecule has 0 aliphatic rings. The number of halogens is 2. The number of carbonyl (C=O) groups excluding carboxylic acids is 1. The maximum absolute atomic E-state index is 11.0. The van der Waals surface area contributed by atoms with Crippen LogP contribution in [0.3, 0.4) is 0 Å². The zero-order valence-corrected chi connectivity index (χ0v) is 9.05. The van der Waals surface area contributed by atoms with Gasteiger partial charge < -0.3 is 8.57 Å². The summed E-state index contributed by atoms with van der Waals surface area (Å²) in [7, 11) is 1.48. The molecule has 0 bridgehead atoms. The molecule has 13 heavy (non-hydrogen) atoms. The van der Waals surface area contributed by atoms with Gasteiger partial charge in [0.2, 0.25) is 0 Å². The standard InChI is InChI=1S/C8H6BrClO3/c1-12-7-4-5(8(11)13-9)2-3-6(7)10/h2-4H,1H3. The Morgan fingerprint density at radius 2 is 2.23 bits per heavy atom. The van der Waals surface area contributed by atoms with Crippen molar-refractivity contribution in [1.82, 2.24) is 0 Å². The Balaban J connectivity index is 3.06. The average molecular weight is 265 g/mol. The fourth-order valence-corrected chi connectivity index (χ4v) is 1.21. The van der Waals surface area contributed by atoms with Crippen molar-refractivity contribution in [3.8, 4) is 5.75 Å². The van der Waals surface area contributed by atoms with Crippen molar-refractivity contribution >= 4 is 33.8 Å². The van der Waals surface area contributed by atoms with E-state index in [2.05, 4.69) is 20.1 Å². The quantitative estimate of drug-likeness (QED) is 0.825. The maximum Gasteiger partial charge on any atom is 0.349 e. The van der Waals surface area contributed by atoms with Gasteiger partial charge in [0.1, 0.15) is 5.75 Å². The molecule has 5 heteroatoms. The van der Waals surface area contributed by atoms with Crippen LogP contribution in [0.15, 0.2) is 18.2 Å². The molecule has 1 aromatic carbocycles. The number of carbonyl (C=O) groups is 1. The topological polar surface area (TPSA) is 35.5 Å². The molecule has 0 aromatic heterocycles. The SMILES string of the molecule is COc1cc(C(=O)OBr)ccc1Cl. The second-order valence-electron chi connectivity index (χ2n) is 2.21. The van der Waals surface area contributed by atoms with Crippen LogP contribution < -0.4 is 4.74 Å². The first kappa shape index (κ1) is 10.3. The number of ether oxygens (including phenoxy) is 1. The van der Waals surface area contributed by atoms with E-state index in [1.807, 2.05) is 0 Å². The first-order chi connectivity index (χ1) is 6.19. The second-order valence-corrected chi connectivity index (χ2v) is 2.94. The number of benzene rings is 1. The Morgan fingerprint density at radius 1 is 1.54 bits per heavy atom. The highest BCUT2D eigenvalue weighted by Crippen LogP contribution is 2.25. The molecule has 1 aromatic rings. The minimum atomic E-state index is -0.491. The highest BCUT2D eigenvalue weighted by atomic mass is 79.9. The molecule has 0 unspecified atom stereocenters. The summed E-state index contributed by atoms with van der Waals surface area (Å²) in [6.07, 6.45) is 0. The molecule has 0 aliphatic carbocycles. The van der Waals surface area contributed by atoms with Crippen LogP contribution in [0.4, 0.5) is 0 Å². The Labute approximate surface area is 89.0 Å². The molecule has 0 N–H and O–H groups in total. The lowest BCUT2D eigenvalue weighted by atomic mass is 10.2. The molecule has 1 rings (SSSR count). The van der Waals surface area contributed by atoms with Gasteiger partial charge in [0.25, 0.3) is 0 Å². The van der Waals surface area contributed by atoms with Crippen LogP contribution in [0, 0.1) is 0 Å². The van der Waals surface area contributed by atoms with E-state index in [9.17, 15) is 4.79 Å². The number of hydrogen-bond acceptors (Lipinski definition) is 3. The lowest BCUT2D eigenvalue weighted by Gasteiger charge is -2.03. The van der Waals surface area contributed by atoms with Gasteiger partial charge in [-0.3, -0.25) is 0 Å². The lowest BCUT2D eigenvalue weighted by Crippen LogP contribution is -1.98. The molecule has 0 amide bonds. The van der Waals surface area contributed by atoms with Crippen molar-refractivity contribution in [2.75, 3.05) is 7.11 Å². The van der Waals surface area contributed by atoms with Gasteiger partial charge in [0, 0.05) is 0 Å². The first-order valence-corrected chi connectivity index (χ1v) is 4.38. The molecule has 0 heterocycles. The third kappa shape index (κ3) is 2.35. The molecule has 0 aliphatic heterocycles. The van der Waals surface area contributed by atoms with E-state index in [1.54, 1.807) is 12.1 Å². The second kappa shape index (κ2) is 4.48. The minimum Gasteiger partial charge on any atom is -0.495 e. The highest BCUT2D eigenvalue weighted by Gasteiger charge is 2.09. The van der Waals surface area contributed by atoms with Crippen LogP contribution in [0.5, 0.6) is 5.75 Å². The highest BCUT2D eigenvalue weighted by molar-refractivity contribution is 9.06. The Morgan fingerprint density at radius 3 is 2.77 bits per heavy atom. The number of methoxy groups -OCH3 is 1. The molecular weight excluding hydrogens is 259 g/mol. The summed E-state index contributed by atoms with van der Waals surface area (Å²) >= 11 is 8.35. The minimum absolute atomic E-state index is 0.373. The zero-order chi connectivity index (χ0) is 9.84. The first-order valence-electron chi connectivity index (χ1n) is 3.35. The fraction of sp³-hybridized carbons (Fsp3) is 0.125. The third-order valence-electron chi connectivity index (χ3n) is 1.46. The van der Waals surface area contributed by atoms with Gasteiger partial charge in [0.15, 0.2) is 16.3 Å². The van der Waals surface area contributed by atoms with Crippen molar-refractivity contribution < 1.29 is 13.4 Å². The summed E-state index contributed by atoms with van der Waals surface area (Å²) in [6, 6.07) is 4.63. The Hall–Kier alpha value is -0.740. The van der Waals surface area contributed by atoms with Crippen LogP contribution in [-0.4, -0.2) is 13.1 Å². The largest absolute Gasteiger partial charge is 0.495 e. The molecule has 0 radical (unpaired) electrons. The molecule has 70 valence electrons. The van der Waals surface area contributed by atoms with E-state index in [0.717, 1.165) is 0 Å². The predicted octanol–water partition coefficient (Wildman–Crippen LogP) is 2.82. The summed E-state index contributed by atoms with van der Waals surface area (Å²) in [5, 5.41) is 0.452. The summed E-state index contributed by atoms with van der Waals surface area (Å²) in [4.78, 5) is 11.0. The zero-order valence-electron chi connectivity index (χ0n) is 6.71. The monoisotopic (exact) mass is 264 g/mol. The van der Waals surface area contributed by atoms with E-state index in [4.69, 9.17) is 16.3 Å². The van der Waals surface area contributed by atoms with Gasteiger partial charge in [-0.15, -0.1) is 0 Å². The molecule has 3 nitrogen and oxygen atoms in total. The van der Waals surface area contributed by atoms with E-state index in [0.29, 0.717) is 16.3 Å². The average Bonchev–Trinajstić information content (AvgIpc) is 2.17. The van der Waals surface area contributed by atoms with Gasteiger partial charge in [-0.1, -0.05) is 11.6 Å². The normalized spacial score (nSPS) is 9.46. The van der Waals surface area contributed by atoms with Crippen molar-refractivity contribution in [2.45, 2.75) is 0 Å². The molecule has 0 fully saturated rings. The van der Waals surface area contributed by atoms with Crippen molar-refractivity contribution in [3.05, 3.63) is 28.8 Å². The summed E-state index contributed by atoms with van der Waals surface area (Å²) in [5.41, 5.74) is 0.373. The third-order valence-corrected chi connectivity index (χ3v) is 2.06. The fourth-order valence-electron chi connectivity index (χ4n) is 0.831. The van der Waals surface area contributed by atoms with Gasteiger partial charge in [-0.25, -0.2) is 4.79 Å². The summed E-state index contributed by atoms with van der Waals surface area (Å²) in [5.74, 6) is -0.0490. The van der Waals surface area contributed by atoms with Crippen LogP contribution in [-0.2, 0) is 3.83 Å².